The Balaban J connectivity index is 1.43. The summed E-state index contributed by atoms with van der Waals surface area (Å²) in [6.07, 6.45) is 10.7. The molecule has 1 atom stereocenters. The lowest BCUT2D eigenvalue weighted by atomic mass is 9.98. The first-order valence-electron chi connectivity index (χ1n) is 15.9. The minimum atomic E-state index is -0.313. The first-order chi connectivity index (χ1) is 22.7. The first kappa shape index (κ1) is 33.1. The van der Waals surface area contributed by atoms with Crippen molar-refractivity contribution in [2.24, 2.45) is 7.05 Å². The summed E-state index contributed by atoms with van der Waals surface area (Å²) in [4.78, 5) is 30.2. The number of nitrogens with two attached hydrogens (primary N) is 1. The molecule has 246 valence electrons. The minimum absolute atomic E-state index is 0.01000. The van der Waals surface area contributed by atoms with E-state index in [2.05, 4.69) is 27.0 Å². The van der Waals surface area contributed by atoms with Gasteiger partial charge in [0.2, 0.25) is 5.91 Å². The molecule has 1 aliphatic heterocycles. The Hall–Kier alpha value is -5.32. The second kappa shape index (κ2) is 14.8. The summed E-state index contributed by atoms with van der Waals surface area (Å²) in [5.74, 6) is 1.06. The fourth-order valence-electron chi connectivity index (χ4n) is 5.89. The number of rotatable bonds is 6. The van der Waals surface area contributed by atoms with Crippen LogP contribution in [0.1, 0.15) is 72.6 Å². The predicted octanol–water partition coefficient (Wildman–Crippen LogP) is 6.13. The third-order valence-electron chi connectivity index (χ3n) is 8.48. The lowest BCUT2D eigenvalue weighted by Gasteiger charge is -2.20. The van der Waals surface area contributed by atoms with Crippen LogP contribution < -0.4 is 31.2 Å². The molecule has 3 heterocycles. The standard InChI is InChI=1S/C36H43N7O4/c1-22-17-18-39-34-24(11-8-6-5-7-9-14-31(44)41-22)21-40-35(38)32(34)33(37)23-15-16-26(30(19-23)47-4)42-36(45)28-20-25-27(43(28)2)12-10-13-29(25)46-3/h8,10-13,15-16,19-22,37,39H,5-7,9,14,17-18H2,1-4H3,(H2,38,40)(H,41,44)(H,42,45)/b11-8+,37-33?. The molecule has 2 amide bonds. The molecule has 11 heteroatoms. The quantitative estimate of drug-likeness (QED) is 0.159. The molecule has 0 radical (unpaired) electrons. The van der Waals surface area contributed by atoms with Crippen molar-refractivity contribution in [1.29, 1.82) is 5.41 Å². The molecule has 11 nitrogen and oxygen atoms in total. The third-order valence-corrected chi connectivity index (χ3v) is 8.48. The van der Waals surface area contributed by atoms with E-state index in [1.54, 1.807) is 37.6 Å². The van der Waals surface area contributed by atoms with E-state index >= 15 is 0 Å². The molecule has 2 aromatic heterocycles. The maximum absolute atomic E-state index is 13.4. The second-order valence-electron chi connectivity index (χ2n) is 11.8. The van der Waals surface area contributed by atoms with Crippen LogP contribution in [0.3, 0.4) is 0 Å². The number of anilines is 3. The number of pyridine rings is 1. The van der Waals surface area contributed by atoms with Crippen molar-refractivity contribution in [3.05, 3.63) is 77.1 Å². The number of methoxy groups -OCH3 is 2. The Morgan fingerprint density at radius 1 is 1.11 bits per heavy atom. The number of hydrogen-bond acceptors (Lipinski definition) is 8. The predicted molar refractivity (Wildman–Crippen MR) is 188 cm³/mol. The van der Waals surface area contributed by atoms with Gasteiger partial charge < -0.3 is 35.7 Å². The van der Waals surface area contributed by atoms with E-state index in [9.17, 15) is 15.0 Å². The van der Waals surface area contributed by atoms with E-state index in [1.807, 2.05) is 42.8 Å². The molecular formula is C36H43N7O4. The van der Waals surface area contributed by atoms with Gasteiger partial charge in [0.25, 0.3) is 5.91 Å². The van der Waals surface area contributed by atoms with E-state index in [0.717, 1.165) is 42.1 Å². The topological polar surface area (TPSA) is 156 Å². The summed E-state index contributed by atoms with van der Waals surface area (Å²) in [5.41, 5.74) is 10.9. The van der Waals surface area contributed by atoms with E-state index in [4.69, 9.17) is 15.2 Å². The Kier molecular flexibility index (Phi) is 10.4. The normalized spacial score (nSPS) is 16.5. The maximum atomic E-state index is 13.4. The molecule has 2 aromatic carbocycles. The summed E-state index contributed by atoms with van der Waals surface area (Å²) in [6, 6.07) is 12.6. The number of carbonyl (C=O) groups is 2. The van der Waals surface area contributed by atoms with Crippen LogP contribution in [0.2, 0.25) is 0 Å². The van der Waals surface area contributed by atoms with Gasteiger partial charge in [-0.25, -0.2) is 4.98 Å². The Morgan fingerprint density at radius 2 is 1.91 bits per heavy atom. The molecule has 4 aromatic rings. The van der Waals surface area contributed by atoms with Gasteiger partial charge in [0.15, 0.2) is 0 Å². The SMILES string of the molecule is COc1cc(C(=N)c2c(N)ncc3c2NCCC(C)NC(=O)CCCCC/C=C/3)ccc1NC(=O)c1cc2c(OC)cccc2n1C. The summed E-state index contributed by atoms with van der Waals surface area (Å²) in [6.45, 7) is 2.55. The third kappa shape index (κ3) is 7.40. The lowest BCUT2D eigenvalue weighted by Crippen LogP contribution is -2.33. The molecule has 6 N–H and O–H groups in total. The lowest BCUT2D eigenvalue weighted by molar-refractivity contribution is -0.121. The van der Waals surface area contributed by atoms with Gasteiger partial charge in [-0.2, -0.15) is 0 Å². The van der Waals surface area contributed by atoms with Gasteiger partial charge in [0.05, 0.1) is 42.4 Å². The van der Waals surface area contributed by atoms with Gasteiger partial charge >= 0.3 is 0 Å². The molecule has 1 unspecified atom stereocenters. The summed E-state index contributed by atoms with van der Waals surface area (Å²) >= 11 is 0. The number of allylic oxidation sites excluding steroid dienone is 1. The number of nitrogens with one attached hydrogen (secondary N) is 4. The molecule has 0 bridgehead atoms. The Labute approximate surface area is 275 Å². The van der Waals surface area contributed by atoms with E-state index < -0.39 is 0 Å². The van der Waals surface area contributed by atoms with Crippen LogP contribution in [-0.4, -0.2) is 53.9 Å². The number of amides is 2. The van der Waals surface area contributed by atoms with Crippen molar-refractivity contribution >= 4 is 51.7 Å². The van der Waals surface area contributed by atoms with Crippen LogP contribution >= 0.6 is 0 Å². The summed E-state index contributed by atoms with van der Waals surface area (Å²) < 4.78 is 13.0. The van der Waals surface area contributed by atoms with Crippen molar-refractivity contribution in [2.45, 2.75) is 51.5 Å². The Morgan fingerprint density at radius 3 is 2.70 bits per heavy atom. The van der Waals surface area contributed by atoms with Crippen molar-refractivity contribution in [3.63, 3.8) is 0 Å². The number of nitrogen functional groups attached to an aromatic ring is 1. The van der Waals surface area contributed by atoms with Crippen LogP contribution in [0.4, 0.5) is 17.2 Å². The number of carbonyl (C=O) groups excluding carboxylic acids is 2. The van der Waals surface area contributed by atoms with Gasteiger partial charge in [0.1, 0.15) is 23.0 Å². The molecule has 5 rings (SSSR count). The van der Waals surface area contributed by atoms with Crippen molar-refractivity contribution in [2.75, 3.05) is 37.1 Å². The zero-order chi connectivity index (χ0) is 33.5. The van der Waals surface area contributed by atoms with Gasteiger partial charge in [-0.3, -0.25) is 15.0 Å². The van der Waals surface area contributed by atoms with Crippen LogP contribution in [0.5, 0.6) is 11.5 Å². The van der Waals surface area contributed by atoms with Gasteiger partial charge in [-0.1, -0.05) is 30.7 Å². The number of aryl methyl sites for hydroxylation is 1. The molecule has 0 fully saturated rings. The average molecular weight is 638 g/mol. The van der Waals surface area contributed by atoms with Crippen molar-refractivity contribution in [1.82, 2.24) is 14.9 Å². The second-order valence-corrected chi connectivity index (χ2v) is 11.8. The average Bonchev–Trinajstić information content (AvgIpc) is 3.40. The smallest absolute Gasteiger partial charge is 0.272 e. The molecular weight excluding hydrogens is 594 g/mol. The van der Waals surface area contributed by atoms with Gasteiger partial charge in [0, 0.05) is 48.8 Å². The molecule has 0 saturated heterocycles. The van der Waals surface area contributed by atoms with Gasteiger partial charge in [-0.05, 0) is 62.9 Å². The van der Waals surface area contributed by atoms with Crippen LogP contribution in [0.15, 0.2) is 54.7 Å². The fourth-order valence-corrected chi connectivity index (χ4v) is 5.89. The van der Waals surface area contributed by atoms with Gasteiger partial charge in [-0.15, -0.1) is 0 Å². The number of aromatic nitrogens is 2. The molecule has 0 saturated carbocycles. The highest BCUT2D eigenvalue weighted by Gasteiger charge is 2.21. The molecule has 1 aliphatic rings. The van der Waals surface area contributed by atoms with E-state index in [0.29, 0.717) is 59.1 Å². The van der Waals surface area contributed by atoms with E-state index in [-0.39, 0.29) is 29.4 Å². The van der Waals surface area contributed by atoms with Crippen LogP contribution in [0.25, 0.3) is 17.0 Å². The van der Waals surface area contributed by atoms with Crippen LogP contribution in [-0.2, 0) is 11.8 Å². The highest BCUT2D eigenvalue weighted by molar-refractivity contribution is 6.18. The highest BCUT2D eigenvalue weighted by Crippen LogP contribution is 2.33. The van der Waals surface area contributed by atoms with Crippen molar-refractivity contribution < 1.29 is 19.1 Å². The fraction of sp³-hybridized carbons (Fsp3) is 0.333. The largest absolute Gasteiger partial charge is 0.496 e. The monoisotopic (exact) mass is 637 g/mol. The highest BCUT2D eigenvalue weighted by atomic mass is 16.5. The number of hydrogen-bond donors (Lipinski definition) is 5. The number of ether oxygens (including phenoxy) is 2. The molecule has 0 aliphatic carbocycles. The number of fused-ring (bicyclic) bond motifs is 2. The minimum Gasteiger partial charge on any atom is -0.496 e. The van der Waals surface area contributed by atoms with E-state index in [1.165, 1.54) is 7.11 Å². The van der Waals surface area contributed by atoms with Crippen LogP contribution in [0, 0.1) is 5.41 Å². The molecule has 47 heavy (non-hydrogen) atoms. The number of benzene rings is 2. The maximum Gasteiger partial charge on any atom is 0.272 e. The molecule has 0 spiro atoms. The Bertz CT molecular complexity index is 1830. The number of nitrogens with zero attached hydrogens (tertiary/aromatic N) is 2. The summed E-state index contributed by atoms with van der Waals surface area (Å²) in [7, 11) is 4.95. The summed E-state index contributed by atoms with van der Waals surface area (Å²) in [5, 5.41) is 19.6. The first-order valence-corrected chi connectivity index (χ1v) is 15.9. The zero-order valence-electron chi connectivity index (χ0n) is 27.4. The zero-order valence-corrected chi connectivity index (χ0v) is 27.4. The van der Waals surface area contributed by atoms with Crippen molar-refractivity contribution in [3.8, 4) is 11.5 Å².